The Balaban J connectivity index is 0.000000450. The fourth-order valence-electron chi connectivity index (χ4n) is 1.64. The molecule has 9 heteroatoms. The molecule has 0 spiro atoms. The minimum atomic E-state index is -1.82. The van der Waals surface area contributed by atoms with E-state index in [-0.39, 0.29) is 5.91 Å². The van der Waals surface area contributed by atoms with Crippen LogP contribution < -0.4 is 10.6 Å². The van der Waals surface area contributed by atoms with Crippen LogP contribution in [0.4, 0.5) is 0 Å². The van der Waals surface area contributed by atoms with E-state index in [4.69, 9.17) is 35.8 Å². The van der Waals surface area contributed by atoms with E-state index in [9.17, 15) is 4.79 Å². The molecule has 25 heavy (non-hydrogen) atoms. The van der Waals surface area contributed by atoms with Crippen molar-refractivity contribution in [1.29, 1.82) is 0 Å². The summed E-state index contributed by atoms with van der Waals surface area (Å²) in [4.78, 5) is 29.7. The number of carbonyl (C=O) groups is 3. The summed E-state index contributed by atoms with van der Waals surface area (Å²) >= 11 is 5.89. The van der Waals surface area contributed by atoms with E-state index < -0.39 is 11.9 Å². The van der Waals surface area contributed by atoms with Crippen LogP contribution in [0.1, 0.15) is 16.1 Å². The van der Waals surface area contributed by atoms with Crippen molar-refractivity contribution in [3.8, 4) is 0 Å². The number of amides is 1. The van der Waals surface area contributed by atoms with Gasteiger partial charge in [-0.25, -0.2) is 9.59 Å². The molecule has 0 saturated carbocycles. The lowest BCUT2D eigenvalue weighted by molar-refractivity contribution is -0.159. The highest BCUT2D eigenvalue weighted by Gasteiger charge is 2.06. The second-order valence-electron chi connectivity index (χ2n) is 4.65. The summed E-state index contributed by atoms with van der Waals surface area (Å²) in [6.45, 7) is 1.94. The molecule has 1 amide bonds. The number of rotatable bonds is 6. The van der Waals surface area contributed by atoms with E-state index in [1.807, 2.05) is 24.3 Å². The summed E-state index contributed by atoms with van der Waals surface area (Å²) in [6.07, 6.45) is 1.48. The smallest absolute Gasteiger partial charge is 0.414 e. The van der Waals surface area contributed by atoms with Crippen molar-refractivity contribution in [2.45, 2.75) is 6.54 Å². The zero-order valence-electron chi connectivity index (χ0n) is 13.1. The Morgan fingerprint density at radius 3 is 2.32 bits per heavy atom. The highest BCUT2D eigenvalue weighted by Crippen LogP contribution is 2.09. The van der Waals surface area contributed by atoms with Gasteiger partial charge < -0.3 is 25.3 Å². The molecule has 8 nitrogen and oxygen atoms in total. The zero-order chi connectivity index (χ0) is 18.7. The fourth-order valence-corrected chi connectivity index (χ4v) is 1.85. The molecule has 1 heterocycles. The summed E-state index contributed by atoms with van der Waals surface area (Å²) in [5.74, 6) is -3.52. The molecular weight excluding hydrogens is 352 g/mol. The molecule has 1 aromatic heterocycles. The molecule has 0 aliphatic heterocycles. The van der Waals surface area contributed by atoms with Gasteiger partial charge >= 0.3 is 11.9 Å². The molecule has 0 aliphatic rings. The Kier molecular flexibility index (Phi) is 8.77. The molecule has 134 valence electrons. The van der Waals surface area contributed by atoms with E-state index in [2.05, 4.69) is 10.6 Å². The lowest BCUT2D eigenvalue weighted by Gasteiger charge is -2.06. The fraction of sp³-hybridized carbons (Fsp3) is 0.188. The van der Waals surface area contributed by atoms with Crippen molar-refractivity contribution in [3.63, 3.8) is 0 Å². The number of halogens is 1. The second-order valence-corrected chi connectivity index (χ2v) is 5.09. The molecule has 0 saturated heterocycles. The summed E-state index contributed by atoms with van der Waals surface area (Å²) in [5.41, 5.74) is 1.12. The number of benzene rings is 1. The molecule has 0 unspecified atom stereocenters. The van der Waals surface area contributed by atoms with Crippen molar-refractivity contribution >= 4 is 29.4 Å². The van der Waals surface area contributed by atoms with Crippen LogP contribution in [0.25, 0.3) is 0 Å². The number of carbonyl (C=O) groups excluding carboxylic acids is 1. The third-order valence-corrected chi connectivity index (χ3v) is 2.97. The molecular formula is C16H17ClN2O6. The van der Waals surface area contributed by atoms with Gasteiger partial charge in [0, 0.05) is 24.7 Å². The monoisotopic (exact) mass is 368 g/mol. The Hall–Kier alpha value is -2.84. The minimum absolute atomic E-state index is 0.199. The Labute approximate surface area is 148 Å². The van der Waals surface area contributed by atoms with Crippen LogP contribution in [0.2, 0.25) is 5.02 Å². The molecule has 2 rings (SSSR count). The van der Waals surface area contributed by atoms with E-state index in [0.717, 1.165) is 17.1 Å². The van der Waals surface area contributed by atoms with Crippen LogP contribution in [-0.4, -0.2) is 41.1 Å². The first-order valence-electron chi connectivity index (χ1n) is 7.13. The topological polar surface area (TPSA) is 129 Å². The van der Waals surface area contributed by atoms with Gasteiger partial charge in [0.05, 0.1) is 6.26 Å². The maximum Gasteiger partial charge on any atom is 0.414 e. The van der Waals surface area contributed by atoms with Gasteiger partial charge in [-0.1, -0.05) is 23.7 Å². The second kappa shape index (κ2) is 10.8. The number of hydrogen-bond acceptors (Lipinski definition) is 5. The van der Waals surface area contributed by atoms with E-state index in [0.29, 0.717) is 18.8 Å². The van der Waals surface area contributed by atoms with Crippen molar-refractivity contribution in [2.75, 3.05) is 13.1 Å². The Morgan fingerprint density at radius 2 is 1.76 bits per heavy atom. The normalized spacial score (nSPS) is 9.64. The molecule has 0 bridgehead atoms. The van der Waals surface area contributed by atoms with Crippen LogP contribution in [0.15, 0.2) is 47.1 Å². The largest absolute Gasteiger partial charge is 0.473 e. The lowest BCUT2D eigenvalue weighted by atomic mass is 10.2. The van der Waals surface area contributed by atoms with Gasteiger partial charge in [-0.05, 0) is 29.8 Å². The lowest BCUT2D eigenvalue weighted by Crippen LogP contribution is -2.31. The predicted octanol–water partition coefficient (Wildman–Crippen LogP) is 1.61. The van der Waals surface area contributed by atoms with Gasteiger partial charge in [0.2, 0.25) is 0 Å². The number of carboxylic acids is 2. The van der Waals surface area contributed by atoms with E-state index >= 15 is 0 Å². The summed E-state index contributed by atoms with van der Waals surface area (Å²) in [6, 6.07) is 11.0. The quantitative estimate of drug-likeness (QED) is 0.450. The van der Waals surface area contributed by atoms with Gasteiger partial charge in [0.25, 0.3) is 5.91 Å². The van der Waals surface area contributed by atoms with Crippen molar-refractivity contribution in [1.82, 2.24) is 10.6 Å². The Morgan fingerprint density at radius 1 is 1.04 bits per heavy atom. The first-order valence-corrected chi connectivity index (χ1v) is 7.51. The Bertz CT molecular complexity index is 690. The number of furan rings is 1. The highest BCUT2D eigenvalue weighted by atomic mass is 35.5. The standard InChI is InChI=1S/C14H15ClN2O2.C2H2O4/c15-12-4-1-3-11(9-12)10-16-6-7-17-14(18)13-5-2-8-19-13;3-1(4)2(5)6/h1-5,8-9,16H,6-7,10H2,(H,17,18);(H,3,4)(H,5,6). The first kappa shape index (κ1) is 20.2. The predicted molar refractivity (Wildman–Crippen MR) is 89.5 cm³/mol. The van der Waals surface area contributed by atoms with Crippen LogP contribution in [0.3, 0.4) is 0 Å². The number of carboxylic acid groups (broad SMARTS) is 2. The third-order valence-electron chi connectivity index (χ3n) is 2.73. The molecule has 2 aromatic rings. The van der Waals surface area contributed by atoms with Crippen LogP contribution in [0, 0.1) is 0 Å². The maximum absolute atomic E-state index is 11.5. The summed E-state index contributed by atoms with van der Waals surface area (Å²) in [7, 11) is 0. The zero-order valence-corrected chi connectivity index (χ0v) is 13.8. The molecule has 0 fully saturated rings. The summed E-state index contributed by atoms with van der Waals surface area (Å²) < 4.78 is 4.99. The molecule has 4 N–H and O–H groups in total. The van der Waals surface area contributed by atoms with Gasteiger partial charge in [0.15, 0.2) is 5.76 Å². The maximum atomic E-state index is 11.5. The van der Waals surface area contributed by atoms with Crippen molar-refractivity contribution in [2.24, 2.45) is 0 Å². The van der Waals surface area contributed by atoms with E-state index in [1.54, 1.807) is 12.1 Å². The summed E-state index contributed by atoms with van der Waals surface area (Å²) in [5, 5.41) is 21.5. The molecule has 0 atom stereocenters. The number of aliphatic carboxylic acids is 2. The van der Waals surface area contributed by atoms with Gasteiger partial charge in [-0.2, -0.15) is 0 Å². The van der Waals surface area contributed by atoms with Gasteiger partial charge in [-0.15, -0.1) is 0 Å². The van der Waals surface area contributed by atoms with Crippen molar-refractivity contribution < 1.29 is 29.0 Å². The van der Waals surface area contributed by atoms with Gasteiger partial charge in [-0.3, -0.25) is 4.79 Å². The molecule has 0 radical (unpaired) electrons. The first-order chi connectivity index (χ1) is 11.9. The van der Waals surface area contributed by atoms with Gasteiger partial charge in [0.1, 0.15) is 0 Å². The average molecular weight is 369 g/mol. The molecule has 0 aliphatic carbocycles. The van der Waals surface area contributed by atoms with Crippen LogP contribution in [0.5, 0.6) is 0 Å². The van der Waals surface area contributed by atoms with Crippen LogP contribution >= 0.6 is 11.6 Å². The SMILES string of the molecule is O=C(NCCNCc1cccc(Cl)c1)c1ccco1.O=C(O)C(=O)O. The third kappa shape index (κ3) is 8.54. The number of nitrogens with one attached hydrogen (secondary N) is 2. The average Bonchev–Trinajstić information content (AvgIpc) is 3.09. The highest BCUT2D eigenvalue weighted by molar-refractivity contribution is 6.30. The van der Waals surface area contributed by atoms with Crippen molar-refractivity contribution in [3.05, 3.63) is 59.0 Å². The minimum Gasteiger partial charge on any atom is -0.473 e. The molecule has 1 aromatic carbocycles. The number of hydrogen-bond donors (Lipinski definition) is 4. The van der Waals surface area contributed by atoms with Crippen LogP contribution in [-0.2, 0) is 16.1 Å². The van der Waals surface area contributed by atoms with E-state index in [1.165, 1.54) is 6.26 Å².